The lowest BCUT2D eigenvalue weighted by molar-refractivity contribution is 0.581. The molecule has 4 nitrogen and oxygen atoms in total. The molecule has 0 atom stereocenters. The third kappa shape index (κ3) is 2.87. The van der Waals surface area contributed by atoms with Crippen LogP contribution in [0, 0.1) is 17.1 Å². The van der Waals surface area contributed by atoms with Gasteiger partial charge in [-0.3, -0.25) is 0 Å². The van der Waals surface area contributed by atoms with Gasteiger partial charge in [0.05, 0.1) is 11.3 Å². The molecule has 2 rings (SSSR count). The van der Waals surface area contributed by atoms with E-state index in [1.807, 2.05) is 12.1 Å². The molecule has 0 saturated carbocycles. The van der Waals surface area contributed by atoms with E-state index in [1.165, 1.54) is 6.07 Å². The van der Waals surface area contributed by atoms with Gasteiger partial charge in [-0.05, 0) is 18.2 Å². The molecule has 0 saturated heterocycles. The van der Waals surface area contributed by atoms with E-state index >= 15 is 0 Å². The first kappa shape index (κ1) is 12.1. The zero-order valence-electron chi connectivity index (χ0n) is 9.60. The van der Waals surface area contributed by atoms with Crippen molar-refractivity contribution in [3.63, 3.8) is 0 Å². The summed E-state index contributed by atoms with van der Waals surface area (Å²) >= 11 is 0. The van der Waals surface area contributed by atoms with Crippen molar-refractivity contribution in [1.29, 1.82) is 5.26 Å². The molecular weight excluding hydrogens is 231 g/mol. The zero-order valence-corrected chi connectivity index (χ0v) is 9.60. The Bertz CT molecular complexity index is 563. The van der Waals surface area contributed by atoms with Gasteiger partial charge in [-0.1, -0.05) is 12.1 Å². The van der Waals surface area contributed by atoms with Gasteiger partial charge in [-0.15, -0.1) is 0 Å². The van der Waals surface area contributed by atoms with Crippen molar-refractivity contribution in [1.82, 2.24) is 15.5 Å². The van der Waals surface area contributed by atoms with E-state index < -0.39 is 5.82 Å². The summed E-state index contributed by atoms with van der Waals surface area (Å²) in [5.74, 6) is -0.466. The van der Waals surface area contributed by atoms with Crippen LogP contribution in [-0.4, -0.2) is 10.2 Å². The van der Waals surface area contributed by atoms with Crippen LogP contribution in [0.4, 0.5) is 4.39 Å². The maximum atomic E-state index is 13.7. The molecule has 2 aromatic rings. The Balaban J connectivity index is 1.97. The Morgan fingerprint density at radius 3 is 2.83 bits per heavy atom. The molecule has 0 aliphatic rings. The number of hydrogen-bond donors (Lipinski definition) is 1. The largest absolute Gasteiger partial charge is 0.307 e. The minimum absolute atomic E-state index is 0.0637. The summed E-state index contributed by atoms with van der Waals surface area (Å²) in [6, 6.07) is 10.2. The number of benzene rings is 1. The molecule has 0 radical (unpaired) electrons. The minimum atomic E-state index is -0.466. The Morgan fingerprint density at radius 2 is 2.11 bits per heavy atom. The number of hydrogen-bond acceptors (Lipinski definition) is 4. The molecule has 1 heterocycles. The maximum absolute atomic E-state index is 13.7. The van der Waals surface area contributed by atoms with E-state index in [0.717, 1.165) is 5.69 Å². The lowest BCUT2D eigenvalue weighted by Gasteiger charge is -2.06. The second-order valence-corrected chi connectivity index (χ2v) is 3.71. The highest BCUT2D eigenvalue weighted by molar-refractivity contribution is 5.34. The fourth-order valence-electron chi connectivity index (χ4n) is 1.56. The smallest absolute Gasteiger partial charge is 0.145 e. The lowest BCUT2D eigenvalue weighted by atomic mass is 10.1. The number of rotatable bonds is 4. The molecule has 1 N–H and O–H groups in total. The van der Waals surface area contributed by atoms with Gasteiger partial charge < -0.3 is 5.32 Å². The molecule has 90 valence electrons. The average molecular weight is 242 g/mol. The molecule has 5 heteroatoms. The van der Waals surface area contributed by atoms with Crippen molar-refractivity contribution in [2.45, 2.75) is 13.1 Å². The summed E-state index contributed by atoms with van der Waals surface area (Å²) < 4.78 is 13.7. The first-order chi connectivity index (χ1) is 8.81. The fraction of sp³-hybridized carbons (Fsp3) is 0.154. The van der Waals surface area contributed by atoms with E-state index in [1.54, 1.807) is 24.4 Å². The molecule has 0 aliphatic heterocycles. The van der Waals surface area contributed by atoms with Crippen LogP contribution >= 0.6 is 0 Å². The molecule has 0 unspecified atom stereocenters. The highest BCUT2D eigenvalue weighted by atomic mass is 19.1. The van der Waals surface area contributed by atoms with Crippen LogP contribution in [0.15, 0.2) is 36.5 Å². The van der Waals surface area contributed by atoms with Gasteiger partial charge in [0.25, 0.3) is 0 Å². The van der Waals surface area contributed by atoms with Crippen LogP contribution in [0.3, 0.4) is 0 Å². The molecule has 1 aromatic carbocycles. The molecule has 0 fully saturated rings. The van der Waals surface area contributed by atoms with Crippen molar-refractivity contribution in [3.05, 3.63) is 59.2 Å². The predicted molar refractivity (Wildman–Crippen MR) is 63.7 cm³/mol. The standard InChI is InChI=1S/C13H11FN4/c14-13-10(7-15)3-1-4-11(13)8-16-9-12-5-2-6-17-18-12/h1-6,16H,8-9H2. The van der Waals surface area contributed by atoms with Gasteiger partial charge in [0.15, 0.2) is 0 Å². The van der Waals surface area contributed by atoms with Crippen LogP contribution in [0.25, 0.3) is 0 Å². The molecular formula is C13H11FN4. The Morgan fingerprint density at radius 1 is 1.22 bits per heavy atom. The quantitative estimate of drug-likeness (QED) is 0.887. The normalized spacial score (nSPS) is 10.0. The first-order valence-electron chi connectivity index (χ1n) is 5.46. The van der Waals surface area contributed by atoms with Crippen molar-refractivity contribution >= 4 is 0 Å². The highest BCUT2D eigenvalue weighted by Gasteiger charge is 2.06. The summed E-state index contributed by atoms with van der Waals surface area (Å²) in [6.07, 6.45) is 1.60. The van der Waals surface area contributed by atoms with E-state index in [2.05, 4.69) is 15.5 Å². The van der Waals surface area contributed by atoms with Gasteiger partial charge in [0.2, 0.25) is 0 Å². The summed E-state index contributed by atoms with van der Waals surface area (Å²) in [5.41, 5.74) is 1.32. The van der Waals surface area contributed by atoms with E-state index in [-0.39, 0.29) is 5.56 Å². The summed E-state index contributed by atoms with van der Waals surface area (Å²) in [7, 11) is 0. The van der Waals surface area contributed by atoms with Crippen LogP contribution in [0.1, 0.15) is 16.8 Å². The van der Waals surface area contributed by atoms with Crippen molar-refractivity contribution < 1.29 is 4.39 Å². The van der Waals surface area contributed by atoms with Crippen LogP contribution in [0.2, 0.25) is 0 Å². The summed E-state index contributed by atoms with van der Waals surface area (Å²) in [6.45, 7) is 0.849. The average Bonchev–Trinajstić information content (AvgIpc) is 2.42. The molecule has 0 spiro atoms. The van der Waals surface area contributed by atoms with Crippen LogP contribution < -0.4 is 5.32 Å². The fourth-order valence-corrected chi connectivity index (χ4v) is 1.56. The number of nitrogens with one attached hydrogen (secondary N) is 1. The monoisotopic (exact) mass is 242 g/mol. The van der Waals surface area contributed by atoms with E-state index in [4.69, 9.17) is 5.26 Å². The summed E-state index contributed by atoms with van der Waals surface area (Å²) in [4.78, 5) is 0. The van der Waals surface area contributed by atoms with E-state index in [9.17, 15) is 4.39 Å². The van der Waals surface area contributed by atoms with Gasteiger partial charge >= 0.3 is 0 Å². The SMILES string of the molecule is N#Cc1cccc(CNCc2cccnn2)c1F. The van der Waals surface area contributed by atoms with Crippen LogP contribution in [0.5, 0.6) is 0 Å². The molecule has 0 bridgehead atoms. The van der Waals surface area contributed by atoms with Crippen LogP contribution in [-0.2, 0) is 13.1 Å². The predicted octanol–water partition coefficient (Wildman–Crippen LogP) is 1.78. The third-order valence-corrected chi connectivity index (χ3v) is 2.45. The number of aromatic nitrogens is 2. The Labute approximate surface area is 104 Å². The molecule has 1 aromatic heterocycles. The molecule has 18 heavy (non-hydrogen) atoms. The van der Waals surface area contributed by atoms with Crippen molar-refractivity contribution in [3.8, 4) is 6.07 Å². The topological polar surface area (TPSA) is 61.6 Å². The first-order valence-corrected chi connectivity index (χ1v) is 5.46. The lowest BCUT2D eigenvalue weighted by Crippen LogP contribution is -2.15. The molecule has 0 aliphatic carbocycles. The van der Waals surface area contributed by atoms with Crippen molar-refractivity contribution in [2.24, 2.45) is 0 Å². The van der Waals surface area contributed by atoms with E-state index in [0.29, 0.717) is 18.7 Å². The minimum Gasteiger partial charge on any atom is -0.307 e. The Hall–Kier alpha value is -2.32. The van der Waals surface area contributed by atoms with Gasteiger partial charge in [0, 0.05) is 24.8 Å². The number of halogens is 1. The zero-order chi connectivity index (χ0) is 12.8. The Kier molecular flexibility index (Phi) is 3.94. The summed E-state index contributed by atoms with van der Waals surface area (Å²) in [5, 5.41) is 19.4. The second kappa shape index (κ2) is 5.84. The number of nitriles is 1. The third-order valence-electron chi connectivity index (χ3n) is 2.45. The highest BCUT2D eigenvalue weighted by Crippen LogP contribution is 2.11. The second-order valence-electron chi connectivity index (χ2n) is 3.71. The molecule has 0 amide bonds. The van der Waals surface area contributed by atoms with Crippen molar-refractivity contribution in [2.75, 3.05) is 0 Å². The van der Waals surface area contributed by atoms with Gasteiger partial charge in [-0.25, -0.2) is 4.39 Å². The van der Waals surface area contributed by atoms with Gasteiger partial charge in [-0.2, -0.15) is 15.5 Å². The van der Waals surface area contributed by atoms with Gasteiger partial charge in [0.1, 0.15) is 11.9 Å². The number of nitrogens with zero attached hydrogens (tertiary/aromatic N) is 3. The maximum Gasteiger partial charge on any atom is 0.145 e.